The highest BCUT2D eigenvalue weighted by molar-refractivity contribution is 5.36. The Kier molecular flexibility index (Phi) is 6.27. The maximum absolute atomic E-state index is 9.34. The molecule has 1 aromatic rings. The van der Waals surface area contributed by atoms with Gasteiger partial charge in [-0.25, -0.2) is 0 Å². The SMILES string of the molecule is CCCNc1nc(NC(C)CC(C)O)nc(OC)n1. The fourth-order valence-electron chi connectivity index (χ4n) is 1.62. The van der Waals surface area contributed by atoms with Gasteiger partial charge < -0.3 is 20.5 Å². The predicted octanol–water partition coefficient (Wildman–Crippen LogP) is 1.27. The van der Waals surface area contributed by atoms with E-state index in [2.05, 4.69) is 32.5 Å². The minimum absolute atomic E-state index is 0.0612. The summed E-state index contributed by atoms with van der Waals surface area (Å²) in [5.41, 5.74) is 0. The summed E-state index contributed by atoms with van der Waals surface area (Å²) in [4.78, 5) is 12.5. The van der Waals surface area contributed by atoms with Crippen molar-refractivity contribution in [3.8, 4) is 6.01 Å². The molecular formula is C12H23N5O2. The van der Waals surface area contributed by atoms with Gasteiger partial charge in [-0.2, -0.15) is 15.0 Å². The molecule has 7 nitrogen and oxygen atoms in total. The molecule has 0 aromatic carbocycles. The fraction of sp³-hybridized carbons (Fsp3) is 0.750. The zero-order chi connectivity index (χ0) is 14.3. The third-order valence-corrected chi connectivity index (χ3v) is 2.40. The van der Waals surface area contributed by atoms with E-state index >= 15 is 0 Å². The fourth-order valence-corrected chi connectivity index (χ4v) is 1.62. The number of aliphatic hydroxyl groups is 1. The highest BCUT2D eigenvalue weighted by Gasteiger charge is 2.11. The van der Waals surface area contributed by atoms with E-state index < -0.39 is 0 Å². The van der Waals surface area contributed by atoms with Gasteiger partial charge in [-0.05, 0) is 26.7 Å². The molecule has 7 heteroatoms. The molecule has 1 aromatic heterocycles. The lowest BCUT2D eigenvalue weighted by molar-refractivity contribution is 0.179. The maximum atomic E-state index is 9.34. The van der Waals surface area contributed by atoms with E-state index in [0.717, 1.165) is 13.0 Å². The zero-order valence-electron chi connectivity index (χ0n) is 12.0. The van der Waals surface area contributed by atoms with Crippen LogP contribution in [0.2, 0.25) is 0 Å². The quantitative estimate of drug-likeness (QED) is 0.654. The molecule has 0 bridgehead atoms. The van der Waals surface area contributed by atoms with Crippen LogP contribution < -0.4 is 15.4 Å². The maximum Gasteiger partial charge on any atom is 0.322 e. The van der Waals surface area contributed by atoms with Crippen LogP contribution in [-0.2, 0) is 0 Å². The number of aliphatic hydroxyl groups excluding tert-OH is 1. The molecule has 0 saturated carbocycles. The Morgan fingerprint density at radius 1 is 1.21 bits per heavy atom. The van der Waals surface area contributed by atoms with Gasteiger partial charge in [0.05, 0.1) is 13.2 Å². The van der Waals surface area contributed by atoms with E-state index in [1.165, 1.54) is 7.11 Å². The highest BCUT2D eigenvalue weighted by Crippen LogP contribution is 2.12. The van der Waals surface area contributed by atoms with Gasteiger partial charge in [0, 0.05) is 12.6 Å². The lowest BCUT2D eigenvalue weighted by atomic mass is 10.2. The molecule has 0 aliphatic carbocycles. The lowest BCUT2D eigenvalue weighted by Crippen LogP contribution is -2.22. The standard InChI is InChI=1S/C12H23N5O2/c1-5-6-13-10-15-11(17-12(16-10)19-4)14-8(2)7-9(3)18/h8-9,18H,5-7H2,1-4H3,(H2,13,14,15,16,17). The summed E-state index contributed by atoms with van der Waals surface area (Å²) in [7, 11) is 1.52. The highest BCUT2D eigenvalue weighted by atomic mass is 16.5. The molecule has 1 heterocycles. The van der Waals surface area contributed by atoms with Gasteiger partial charge in [0.1, 0.15) is 0 Å². The van der Waals surface area contributed by atoms with Crippen molar-refractivity contribution >= 4 is 11.9 Å². The Morgan fingerprint density at radius 3 is 2.47 bits per heavy atom. The van der Waals surface area contributed by atoms with Crippen molar-refractivity contribution in [1.82, 2.24) is 15.0 Å². The van der Waals surface area contributed by atoms with E-state index in [-0.39, 0.29) is 18.2 Å². The van der Waals surface area contributed by atoms with Crippen LogP contribution in [-0.4, -0.2) is 45.9 Å². The van der Waals surface area contributed by atoms with Gasteiger partial charge in [0.15, 0.2) is 0 Å². The second-order valence-corrected chi connectivity index (χ2v) is 4.53. The molecule has 0 saturated heterocycles. The minimum atomic E-state index is -0.371. The van der Waals surface area contributed by atoms with Crippen LogP contribution in [0.3, 0.4) is 0 Å². The van der Waals surface area contributed by atoms with Crippen molar-refractivity contribution in [3.05, 3.63) is 0 Å². The van der Waals surface area contributed by atoms with Crippen LogP contribution in [0.4, 0.5) is 11.9 Å². The third kappa shape index (κ3) is 5.69. The number of ether oxygens (including phenoxy) is 1. The molecule has 0 radical (unpaired) electrons. The molecule has 0 fully saturated rings. The van der Waals surface area contributed by atoms with Gasteiger partial charge in [0.2, 0.25) is 11.9 Å². The monoisotopic (exact) mass is 269 g/mol. The molecule has 0 amide bonds. The van der Waals surface area contributed by atoms with E-state index in [0.29, 0.717) is 18.3 Å². The van der Waals surface area contributed by atoms with Crippen LogP contribution in [0.1, 0.15) is 33.6 Å². The molecule has 1 rings (SSSR count). The number of rotatable bonds is 8. The Balaban J connectivity index is 2.75. The Bertz CT molecular complexity index is 386. The topological polar surface area (TPSA) is 92.2 Å². The van der Waals surface area contributed by atoms with Crippen LogP contribution in [0.5, 0.6) is 6.01 Å². The smallest absolute Gasteiger partial charge is 0.322 e. The van der Waals surface area contributed by atoms with Crippen molar-refractivity contribution in [1.29, 1.82) is 0 Å². The van der Waals surface area contributed by atoms with Gasteiger partial charge in [0.25, 0.3) is 0 Å². The number of anilines is 2. The van der Waals surface area contributed by atoms with E-state index in [1.807, 2.05) is 6.92 Å². The van der Waals surface area contributed by atoms with E-state index in [4.69, 9.17) is 4.74 Å². The van der Waals surface area contributed by atoms with Gasteiger partial charge >= 0.3 is 6.01 Å². The first kappa shape index (κ1) is 15.4. The first-order valence-electron chi connectivity index (χ1n) is 6.53. The first-order chi connectivity index (χ1) is 9.05. The summed E-state index contributed by atoms with van der Waals surface area (Å²) in [5.74, 6) is 0.930. The Hall–Kier alpha value is -1.63. The van der Waals surface area contributed by atoms with Crippen LogP contribution in [0.15, 0.2) is 0 Å². The molecule has 19 heavy (non-hydrogen) atoms. The Labute approximate surface area is 113 Å². The lowest BCUT2D eigenvalue weighted by Gasteiger charge is -2.16. The molecule has 0 aliphatic heterocycles. The molecule has 0 spiro atoms. The summed E-state index contributed by atoms with van der Waals surface area (Å²) in [5, 5.41) is 15.6. The van der Waals surface area contributed by atoms with Crippen molar-refractivity contribution in [2.45, 2.75) is 45.8 Å². The summed E-state index contributed by atoms with van der Waals surface area (Å²) < 4.78 is 5.05. The van der Waals surface area contributed by atoms with Crippen LogP contribution in [0, 0.1) is 0 Å². The molecule has 0 aliphatic rings. The number of aromatic nitrogens is 3. The molecular weight excluding hydrogens is 246 g/mol. The van der Waals surface area contributed by atoms with Crippen LogP contribution >= 0.6 is 0 Å². The van der Waals surface area contributed by atoms with Crippen LogP contribution in [0.25, 0.3) is 0 Å². The largest absolute Gasteiger partial charge is 0.467 e. The second kappa shape index (κ2) is 7.73. The number of nitrogens with zero attached hydrogens (tertiary/aromatic N) is 3. The van der Waals surface area contributed by atoms with E-state index in [9.17, 15) is 5.11 Å². The van der Waals surface area contributed by atoms with Gasteiger partial charge in [-0.1, -0.05) is 6.92 Å². The van der Waals surface area contributed by atoms with Crippen molar-refractivity contribution in [2.75, 3.05) is 24.3 Å². The summed E-state index contributed by atoms with van der Waals surface area (Å²) in [6.45, 7) is 6.56. The number of nitrogens with one attached hydrogen (secondary N) is 2. The normalized spacial score (nSPS) is 13.7. The number of methoxy groups -OCH3 is 1. The second-order valence-electron chi connectivity index (χ2n) is 4.53. The molecule has 2 atom stereocenters. The summed E-state index contributed by atoms with van der Waals surface area (Å²) in [6.07, 6.45) is 1.23. The summed E-state index contributed by atoms with van der Waals surface area (Å²) >= 11 is 0. The van der Waals surface area contributed by atoms with Gasteiger partial charge in [-0.15, -0.1) is 0 Å². The molecule has 2 unspecified atom stereocenters. The Morgan fingerprint density at radius 2 is 1.89 bits per heavy atom. The zero-order valence-corrected chi connectivity index (χ0v) is 12.0. The van der Waals surface area contributed by atoms with Gasteiger partial charge in [-0.3, -0.25) is 0 Å². The van der Waals surface area contributed by atoms with Crippen molar-refractivity contribution in [2.24, 2.45) is 0 Å². The average Bonchev–Trinajstić information content (AvgIpc) is 2.34. The summed E-state index contributed by atoms with van der Waals surface area (Å²) in [6, 6.07) is 0.325. The minimum Gasteiger partial charge on any atom is -0.467 e. The van der Waals surface area contributed by atoms with Crippen molar-refractivity contribution < 1.29 is 9.84 Å². The third-order valence-electron chi connectivity index (χ3n) is 2.40. The molecule has 108 valence electrons. The molecule has 3 N–H and O–H groups in total. The number of hydrogen-bond donors (Lipinski definition) is 3. The predicted molar refractivity (Wildman–Crippen MR) is 74.5 cm³/mol. The number of hydrogen-bond acceptors (Lipinski definition) is 7. The van der Waals surface area contributed by atoms with E-state index in [1.54, 1.807) is 6.92 Å². The van der Waals surface area contributed by atoms with Crippen molar-refractivity contribution in [3.63, 3.8) is 0 Å². The average molecular weight is 269 g/mol. The first-order valence-corrected chi connectivity index (χ1v) is 6.53.